The highest BCUT2D eigenvalue weighted by molar-refractivity contribution is 9.11. The Morgan fingerprint density at radius 3 is 1.93 bits per heavy atom. The van der Waals surface area contributed by atoms with E-state index in [2.05, 4.69) is 31.9 Å². The fraction of sp³-hybridized carbons (Fsp3) is 0.125. The number of ketones is 1. The predicted molar refractivity (Wildman–Crippen MR) is 57.2 cm³/mol. The van der Waals surface area contributed by atoms with Gasteiger partial charge in [0, 0.05) is 14.5 Å². The number of Topliss-reactive ketones (excluding diaryl/α,β-unsaturated/α-hetero) is 1. The number of hydrogen-bond donors (Lipinski definition) is 0. The van der Waals surface area contributed by atoms with Gasteiger partial charge >= 0.3 is 6.18 Å². The van der Waals surface area contributed by atoms with E-state index in [-0.39, 0.29) is 14.0 Å². The van der Waals surface area contributed by atoms with Crippen molar-refractivity contribution in [2.24, 2.45) is 0 Å². The highest BCUT2D eigenvalue weighted by Gasteiger charge is 2.39. The summed E-state index contributed by atoms with van der Waals surface area (Å²) in [7, 11) is 0. The minimum atomic E-state index is -4.88. The van der Waals surface area contributed by atoms with Crippen molar-refractivity contribution in [2.45, 2.75) is 6.18 Å². The molecule has 7 heteroatoms. The van der Waals surface area contributed by atoms with Gasteiger partial charge in [-0.25, -0.2) is 0 Å². The zero-order chi connectivity index (χ0) is 11.8. The minimum Gasteiger partial charge on any atom is -0.284 e. The topological polar surface area (TPSA) is 17.1 Å². The van der Waals surface area contributed by atoms with Crippen molar-refractivity contribution in [3.63, 3.8) is 0 Å². The lowest BCUT2D eigenvalue weighted by Crippen LogP contribution is -2.22. The molecule has 1 rings (SSSR count). The molecule has 0 amide bonds. The lowest BCUT2D eigenvalue weighted by atomic mass is 10.1. The number of benzene rings is 1. The minimum absolute atomic E-state index is 0.216. The number of carbonyl (C=O) groups is 1. The fourth-order valence-corrected chi connectivity index (χ4v) is 2.15. The van der Waals surface area contributed by atoms with Crippen LogP contribution in [0.25, 0.3) is 0 Å². The summed E-state index contributed by atoms with van der Waals surface area (Å²) in [6, 6.07) is 2.06. The van der Waals surface area contributed by atoms with E-state index in [0.29, 0.717) is 0 Å². The van der Waals surface area contributed by atoms with Crippen molar-refractivity contribution >= 4 is 49.2 Å². The molecule has 0 aromatic heterocycles. The van der Waals surface area contributed by atoms with Crippen LogP contribution >= 0.6 is 43.5 Å². The van der Waals surface area contributed by atoms with E-state index in [1.807, 2.05) is 0 Å². The van der Waals surface area contributed by atoms with Crippen LogP contribution in [0.4, 0.5) is 13.2 Å². The summed E-state index contributed by atoms with van der Waals surface area (Å²) in [5, 5.41) is 0.216. The number of halogens is 6. The Labute approximate surface area is 105 Å². The molecule has 1 aromatic carbocycles. The Kier molecular flexibility index (Phi) is 3.84. The third-order valence-corrected chi connectivity index (χ3v) is 3.62. The molecular weight excluding hydrogens is 364 g/mol. The van der Waals surface area contributed by atoms with Crippen LogP contribution in [-0.4, -0.2) is 12.0 Å². The average molecular weight is 366 g/mol. The molecule has 0 N–H and O–H groups in total. The Hall–Kier alpha value is -0.0700. The Morgan fingerprint density at radius 1 is 1.20 bits per heavy atom. The molecule has 0 aliphatic rings. The maximum Gasteiger partial charge on any atom is 0.454 e. The van der Waals surface area contributed by atoms with E-state index in [0.717, 1.165) is 12.1 Å². The smallest absolute Gasteiger partial charge is 0.284 e. The first-order chi connectivity index (χ1) is 6.73. The molecule has 0 radical (unpaired) electrons. The molecule has 0 unspecified atom stereocenters. The summed E-state index contributed by atoms with van der Waals surface area (Å²) < 4.78 is 36.7. The van der Waals surface area contributed by atoms with Gasteiger partial charge in [0.25, 0.3) is 5.78 Å². The van der Waals surface area contributed by atoms with E-state index in [1.165, 1.54) is 0 Å². The van der Waals surface area contributed by atoms with E-state index < -0.39 is 17.5 Å². The first kappa shape index (κ1) is 13.0. The first-order valence-corrected chi connectivity index (χ1v) is 5.46. The molecule has 0 heterocycles. The van der Waals surface area contributed by atoms with Gasteiger partial charge in [-0.2, -0.15) is 13.2 Å². The summed E-state index contributed by atoms with van der Waals surface area (Å²) in [4.78, 5) is 10.9. The van der Waals surface area contributed by atoms with Crippen molar-refractivity contribution in [1.29, 1.82) is 0 Å². The monoisotopic (exact) mass is 364 g/mol. The average Bonchev–Trinajstić information content (AvgIpc) is 2.10. The molecule has 82 valence electrons. The van der Waals surface area contributed by atoms with E-state index in [1.54, 1.807) is 0 Å². The first-order valence-electron chi connectivity index (χ1n) is 3.49. The van der Waals surface area contributed by atoms with Crippen LogP contribution in [0.15, 0.2) is 21.1 Å². The molecule has 0 saturated heterocycles. The van der Waals surface area contributed by atoms with Crippen molar-refractivity contribution < 1.29 is 18.0 Å². The molecule has 0 aliphatic heterocycles. The van der Waals surface area contributed by atoms with Gasteiger partial charge in [0.2, 0.25) is 0 Å². The Bertz CT molecular complexity index is 394. The van der Waals surface area contributed by atoms with Gasteiger partial charge in [0.05, 0.1) is 5.02 Å². The highest BCUT2D eigenvalue weighted by atomic mass is 79.9. The molecule has 0 spiro atoms. The van der Waals surface area contributed by atoms with Crippen molar-refractivity contribution in [1.82, 2.24) is 0 Å². The molecule has 0 aliphatic carbocycles. The maximum atomic E-state index is 12.1. The summed E-state index contributed by atoms with van der Waals surface area (Å²) in [6.45, 7) is 0. The largest absolute Gasteiger partial charge is 0.454 e. The fourth-order valence-electron chi connectivity index (χ4n) is 0.850. The number of hydrogen-bond acceptors (Lipinski definition) is 1. The van der Waals surface area contributed by atoms with Crippen molar-refractivity contribution in [3.05, 3.63) is 31.7 Å². The van der Waals surface area contributed by atoms with Gasteiger partial charge in [0.1, 0.15) is 0 Å². The van der Waals surface area contributed by atoms with Gasteiger partial charge in [0.15, 0.2) is 0 Å². The maximum absolute atomic E-state index is 12.1. The lowest BCUT2D eigenvalue weighted by molar-refractivity contribution is -0.0885. The third kappa shape index (κ3) is 2.95. The standard InChI is InChI=1S/C8H2Br2ClF3O/c9-4-1-3(2-5(10)6(4)11)7(15)8(12,13)14/h1-2H. The normalized spacial score (nSPS) is 11.6. The van der Waals surface area contributed by atoms with Gasteiger partial charge in [-0.15, -0.1) is 0 Å². The van der Waals surface area contributed by atoms with Crippen LogP contribution < -0.4 is 0 Å². The SMILES string of the molecule is O=C(c1cc(Br)c(Cl)c(Br)c1)C(F)(F)F. The molecule has 0 fully saturated rings. The molecule has 0 bridgehead atoms. The summed E-state index contributed by atoms with van der Waals surface area (Å²) in [5.41, 5.74) is -0.467. The van der Waals surface area contributed by atoms with Crippen LogP contribution in [-0.2, 0) is 0 Å². The van der Waals surface area contributed by atoms with Crippen molar-refractivity contribution in [3.8, 4) is 0 Å². The molecule has 15 heavy (non-hydrogen) atoms. The third-order valence-electron chi connectivity index (χ3n) is 1.50. The number of carbonyl (C=O) groups excluding carboxylic acids is 1. The zero-order valence-corrected chi connectivity index (χ0v) is 10.8. The van der Waals surface area contributed by atoms with E-state index >= 15 is 0 Å². The van der Waals surface area contributed by atoms with E-state index in [9.17, 15) is 18.0 Å². The van der Waals surface area contributed by atoms with Crippen LogP contribution in [0, 0.1) is 0 Å². The summed E-state index contributed by atoms with van der Waals surface area (Å²) in [5.74, 6) is -1.90. The lowest BCUT2D eigenvalue weighted by Gasteiger charge is -2.07. The zero-order valence-electron chi connectivity index (χ0n) is 6.83. The van der Waals surface area contributed by atoms with Gasteiger partial charge in [-0.1, -0.05) is 11.6 Å². The van der Waals surface area contributed by atoms with Gasteiger partial charge in [-0.3, -0.25) is 4.79 Å². The van der Waals surface area contributed by atoms with Gasteiger partial charge in [-0.05, 0) is 44.0 Å². The molecule has 0 atom stereocenters. The molecule has 1 aromatic rings. The van der Waals surface area contributed by atoms with Crippen LogP contribution in [0.2, 0.25) is 5.02 Å². The second-order valence-corrected chi connectivity index (χ2v) is 4.67. The van der Waals surface area contributed by atoms with Crippen LogP contribution in [0.5, 0.6) is 0 Å². The van der Waals surface area contributed by atoms with Crippen molar-refractivity contribution in [2.75, 3.05) is 0 Å². The molecule has 0 saturated carbocycles. The Balaban J connectivity index is 3.24. The quantitative estimate of drug-likeness (QED) is 0.524. The number of rotatable bonds is 1. The van der Waals surface area contributed by atoms with Gasteiger partial charge < -0.3 is 0 Å². The second kappa shape index (κ2) is 4.43. The Morgan fingerprint density at radius 2 is 1.60 bits per heavy atom. The van der Waals surface area contributed by atoms with E-state index in [4.69, 9.17) is 11.6 Å². The van der Waals surface area contributed by atoms with Crippen LogP contribution in [0.1, 0.15) is 10.4 Å². The number of alkyl halides is 3. The predicted octanol–water partition coefficient (Wildman–Crippen LogP) is 4.61. The molecule has 1 nitrogen and oxygen atoms in total. The van der Waals surface area contributed by atoms with Crippen LogP contribution in [0.3, 0.4) is 0 Å². The highest BCUT2D eigenvalue weighted by Crippen LogP contribution is 2.33. The summed E-state index contributed by atoms with van der Waals surface area (Å²) >= 11 is 11.6. The second-order valence-electron chi connectivity index (χ2n) is 2.58. The summed E-state index contributed by atoms with van der Waals surface area (Å²) in [6.07, 6.45) is -4.88. The molecular formula is C8H2Br2ClF3O.